The Morgan fingerprint density at radius 1 is 0.661 bits per heavy atom. The number of fused-ring (bicyclic) bond motifs is 1. The van der Waals surface area contributed by atoms with E-state index in [1.54, 1.807) is 18.2 Å². The molecule has 3 saturated heterocycles. The molecule has 3 aliphatic rings. The molecule has 336 valence electrons. The van der Waals surface area contributed by atoms with Crippen molar-refractivity contribution in [2.45, 2.75) is 99.0 Å². The number of aromatic hydroxyl groups is 3. The number of rotatable bonds is 11. The average Bonchev–Trinajstić information content (AvgIpc) is 3.25. The molecule has 0 amide bonds. The van der Waals surface area contributed by atoms with Crippen molar-refractivity contribution in [3.8, 4) is 40.1 Å². The van der Waals surface area contributed by atoms with Gasteiger partial charge in [0.2, 0.25) is 23.8 Å². The van der Waals surface area contributed by atoms with Crippen LogP contribution in [0.4, 0.5) is 0 Å². The summed E-state index contributed by atoms with van der Waals surface area (Å²) < 4.78 is 45.2. The molecule has 4 aromatic rings. The number of benzene rings is 3. The summed E-state index contributed by atoms with van der Waals surface area (Å²) in [7, 11) is 0. The van der Waals surface area contributed by atoms with E-state index in [1.807, 2.05) is 0 Å². The Hall–Kier alpha value is -5.18. The zero-order valence-electron chi connectivity index (χ0n) is 32.3. The van der Waals surface area contributed by atoms with Crippen LogP contribution in [0.15, 0.2) is 69.9 Å². The lowest BCUT2D eigenvalue weighted by atomic mass is 9.97. The lowest BCUT2D eigenvalue weighted by Gasteiger charge is -2.45. The number of carbonyl (C=O) groups is 1. The number of phenolic OH excluding ortho intramolecular Hbond substituents is 3. The fourth-order valence-corrected chi connectivity index (χ4v) is 7.10. The summed E-state index contributed by atoms with van der Waals surface area (Å²) in [6, 6.07) is 13.0. The van der Waals surface area contributed by atoms with Crippen molar-refractivity contribution in [1.29, 1.82) is 0 Å². The molecule has 22 heteroatoms. The van der Waals surface area contributed by atoms with Crippen LogP contribution in [-0.2, 0) is 23.7 Å². The van der Waals surface area contributed by atoms with Gasteiger partial charge in [-0.2, -0.15) is 0 Å². The lowest BCUT2D eigenvalue weighted by Crippen LogP contribution is -2.65. The van der Waals surface area contributed by atoms with Crippen LogP contribution < -0.4 is 14.9 Å². The predicted octanol–water partition coefficient (Wildman–Crippen LogP) is -2.35. The summed E-state index contributed by atoms with van der Waals surface area (Å²) >= 11 is 0. The van der Waals surface area contributed by atoms with Gasteiger partial charge in [-0.15, -0.1) is 0 Å². The molecule has 62 heavy (non-hydrogen) atoms. The number of aliphatic hydroxyl groups excluding tert-OH is 9. The zero-order valence-corrected chi connectivity index (χ0v) is 32.3. The van der Waals surface area contributed by atoms with Crippen LogP contribution in [0.25, 0.3) is 22.3 Å². The number of carbonyl (C=O) groups excluding carboxylic acids is 1. The first-order chi connectivity index (χ1) is 29.5. The quantitative estimate of drug-likeness (QED) is 0.0554. The molecule has 15 atom stereocenters. The van der Waals surface area contributed by atoms with E-state index in [0.29, 0.717) is 0 Å². The zero-order chi connectivity index (χ0) is 44.7. The number of phenols is 3. The standard InChI is InChI=1S/C40H44O22/c1-14-25(45)29(49)31(51)38(56-14)57-17-10-20(44)24-21(11-17)58-34(16-7-8-18(42)19(43)9-16)36(28(24)48)62-40-33(53)35(27(47)22(12-41)59-40)61-39-32(52)30(50)26(46)23(60-39)13-55-37(54)15-5-3-2-4-6-15/h2-11,14,22-23,25-27,29-33,35,38-47,49-53H,12-13H2,1H3/t14-,22+,23+,25-,26+,27+,29+,30-,31+,32+,33+,35-,38-,39-,40-/m0/s1. The largest absolute Gasteiger partial charge is 0.507 e. The Labute approximate surface area is 349 Å². The predicted molar refractivity (Wildman–Crippen MR) is 203 cm³/mol. The van der Waals surface area contributed by atoms with Crippen molar-refractivity contribution in [1.82, 2.24) is 0 Å². The molecular weight excluding hydrogens is 832 g/mol. The van der Waals surface area contributed by atoms with E-state index in [-0.39, 0.29) is 16.9 Å². The van der Waals surface area contributed by atoms with Crippen molar-refractivity contribution in [2.24, 2.45) is 0 Å². The molecule has 12 N–H and O–H groups in total. The van der Waals surface area contributed by atoms with Gasteiger partial charge in [0.05, 0.1) is 18.3 Å². The van der Waals surface area contributed by atoms with Crippen LogP contribution in [0.3, 0.4) is 0 Å². The maximum Gasteiger partial charge on any atom is 0.338 e. The summed E-state index contributed by atoms with van der Waals surface area (Å²) in [5.74, 6) is -4.47. The minimum atomic E-state index is -2.15. The second-order valence-corrected chi connectivity index (χ2v) is 14.8. The van der Waals surface area contributed by atoms with Gasteiger partial charge < -0.3 is 98.9 Å². The van der Waals surface area contributed by atoms with Gasteiger partial charge in [0.1, 0.15) is 96.2 Å². The maximum atomic E-state index is 14.3. The Bertz CT molecular complexity index is 2270. The van der Waals surface area contributed by atoms with E-state index >= 15 is 0 Å². The summed E-state index contributed by atoms with van der Waals surface area (Å²) in [6.45, 7) is -0.200. The first kappa shape index (κ1) is 44.9. The van der Waals surface area contributed by atoms with Gasteiger partial charge >= 0.3 is 5.97 Å². The van der Waals surface area contributed by atoms with E-state index < -0.39 is 156 Å². The first-order valence-electron chi connectivity index (χ1n) is 19.1. The Kier molecular flexibility index (Phi) is 13.2. The fraction of sp³-hybridized carbons (Fsp3) is 0.450. The topological polar surface area (TPSA) is 355 Å². The van der Waals surface area contributed by atoms with Crippen LogP contribution in [0.5, 0.6) is 28.7 Å². The van der Waals surface area contributed by atoms with Crippen molar-refractivity contribution in [3.63, 3.8) is 0 Å². The van der Waals surface area contributed by atoms with E-state index in [4.69, 9.17) is 37.6 Å². The molecule has 0 radical (unpaired) electrons. The summed E-state index contributed by atoms with van der Waals surface area (Å²) in [5, 5.41) is 127. The molecule has 22 nitrogen and oxygen atoms in total. The van der Waals surface area contributed by atoms with E-state index in [1.165, 1.54) is 25.1 Å². The van der Waals surface area contributed by atoms with Gasteiger partial charge in [-0.3, -0.25) is 4.79 Å². The molecule has 1 aromatic heterocycles. The third-order valence-electron chi connectivity index (χ3n) is 10.6. The van der Waals surface area contributed by atoms with Crippen molar-refractivity contribution < 1.29 is 104 Å². The first-order valence-corrected chi connectivity index (χ1v) is 19.1. The molecule has 3 aromatic carbocycles. The van der Waals surface area contributed by atoms with Crippen molar-refractivity contribution >= 4 is 16.9 Å². The molecule has 0 saturated carbocycles. The minimum Gasteiger partial charge on any atom is -0.507 e. The maximum absolute atomic E-state index is 14.3. The Morgan fingerprint density at radius 2 is 1.32 bits per heavy atom. The summed E-state index contributed by atoms with van der Waals surface area (Å²) in [4.78, 5) is 26.8. The van der Waals surface area contributed by atoms with Gasteiger partial charge in [-0.25, -0.2) is 4.79 Å². The number of hydrogen-bond acceptors (Lipinski definition) is 22. The summed E-state index contributed by atoms with van der Waals surface area (Å²) in [5.41, 5.74) is -1.53. The van der Waals surface area contributed by atoms with Gasteiger partial charge in [0.25, 0.3) is 0 Å². The second-order valence-electron chi connectivity index (χ2n) is 14.8. The number of ether oxygens (including phenoxy) is 7. The summed E-state index contributed by atoms with van der Waals surface area (Å²) in [6.07, 6.45) is -26.5. The third kappa shape index (κ3) is 8.74. The van der Waals surface area contributed by atoms with Gasteiger partial charge in [-0.1, -0.05) is 18.2 Å². The third-order valence-corrected chi connectivity index (χ3v) is 10.6. The molecule has 4 heterocycles. The van der Waals surface area contributed by atoms with Crippen LogP contribution in [0, 0.1) is 0 Å². The molecule has 0 unspecified atom stereocenters. The van der Waals surface area contributed by atoms with Gasteiger partial charge in [0, 0.05) is 17.7 Å². The Morgan fingerprint density at radius 3 is 2.02 bits per heavy atom. The van der Waals surface area contributed by atoms with Gasteiger partial charge in [-0.05, 0) is 37.3 Å². The van der Waals surface area contributed by atoms with Crippen LogP contribution in [0.1, 0.15) is 17.3 Å². The van der Waals surface area contributed by atoms with Crippen LogP contribution >= 0.6 is 0 Å². The number of esters is 1. The minimum absolute atomic E-state index is 0.140. The molecule has 3 fully saturated rings. The second kappa shape index (κ2) is 18.3. The molecule has 0 aliphatic carbocycles. The van der Waals surface area contributed by atoms with E-state index in [0.717, 1.165) is 24.3 Å². The fourth-order valence-electron chi connectivity index (χ4n) is 7.10. The molecule has 7 rings (SSSR count). The number of hydrogen-bond donors (Lipinski definition) is 12. The normalized spacial score (nSPS) is 33.8. The highest BCUT2D eigenvalue weighted by molar-refractivity contribution is 5.89. The number of aliphatic hydroxyl groups is 9. The Balaban J connectivity index is 1.19. The smallest absolute Gasteiger partial charge is 0.338 e. The van der Waals surface area contributed by atoms with Crippen molar-refractivity contribution in [3.05, 3.63) is 76.5 Å². The molecule has 0 bridgehead atoms. The highest BCUT2D eigenvalue weighted by atomic mass is 16.7. The van der Waals surface area contributed by atoms with E-state index in [9.17, 15) is 70.9 Å². The van der Waals surface area contributed by atoms with E-state index in [2.05, 4.69) is 0 Å². The molecule has 3 aliphatic heterocycles. The molecular formula is C40H44O22. The molecule has 0 spiro atoms. The van der Waals surface area contributed by atoms with Gasteiger partial charge in [0.15, 0.2) is 23.5 Å². The van der Waals surface area contributed by atoms with Crippen molar-refractivity contribution in [2.75, 3.05) is 13.2 Å². The highest BCUT2D eigenvalue weighted by Gasteiger charge is 2.52. The van der Waals surface area contributed by atoms with Crippen LogP contribution in [0.2, 0.25) is 0 Å². The van der Waals surface area contributed by atoms with Crippen LogP contribution in [-0.4, -0.2) is 173 Å². The highest BCUT2D eigenvalue weighted by Crippen LogP contribution is 2.40. The monoisotopic (exact) mass is 876 g/mol. The SMILES string of the molecule is C[C@@H]1O[C@@H](Oc2cc(O)c3c(=O)c(O[C@@H]4O[C@H](CO)[C@@H](O)[C@H](O[C@@H]5O[C@H](COC(=O)c6ccccc6)[C@@H](O)[C@H](O)[C@H]5O)[C@H]4O)c(-c4ccc(O)c(O)c4)oc3c2)[C@H](O)[C@H](O)[C@H]1O. The lowest BCUT2D eigenvalue weighted by molar-refractivity contribution is -0.352. The average molecular weight is 877 g/mol.